The molecule has 5 aromatic rings. The Bertz CT molecular complexity index is 1460. The van der Waals surface area contributed by atoms with Crippen molar-refractivity contribution in [2.24, 2.45) is 0 Å². The molecular formula is C23H15BrN4O2. The zero-order chi connectivity index (χ0) is 20.7. The molecule has 6 nitrogen and oxygen atoms in total. The highest BCUT2D eigenvalue weighted by atomic mass is 79.9. The number of aromatic nitrogens is 4. The molecule has 0 spiro atoms. The highest BCUT2D eigenvalue weighted by molar-refractivity contribution is 9.10. The summed E-state index contributed by atoms with van der Waals surface area (Å²) in [4.78, 5) is 17.7. The Hall–Kier alpha value is -3.58. The number of hydrogen-bond donors (Lipinski definition) is 0. The van der Waals surface area contributed by atoms with Crippen LogP contribution in [0.2, 0.25) is 0 Å². The van der Waals surface area contributed by atoms with Crippen molar-refractivity contribution in [3.8, 4) is 28.7 Å². The summed E-state index contributed by atoms with van der Waals surface area (Å²) in [6.07, 6.45) is 0. The predicted octanol–water partition coefficient (Wildman–Crippen LogP) is 5.17. The highest BCUT2D eigenvalue weighted by Gasteiger charge is 2.19. The summed E-state index contributed by atoms with van der Waals surface area (Å²) >= 11 is 3.46. The molecule has 0 N–H and O–H groups in total. The van der Waals surface area contributed by atoms with Crippen LogP contribution in [0.5, 0.6) is 0 Å². The summed E-state index contributed by atoms with van der Waals surface area (Å²) in [5, 5.41) is 9.92. The maximum atomic E-state index is 13.1. The minimum absolute atomic E-state index is 0.202. The number of aryl methyl sites for hydroxylation is 1. The smallest absolute Gasteiger partial charge is 0.279 e. The standard InChI is InChI=1S/C23H15BrN4O2/c1-14-6-4-9-17(12-14)28-23(29)19-11-3-2-10-18(19)20(26-28)22-25-21(27-30-22)15-7-5-8-16(24)13-15/h2-13H,1H3. The van der Waals surface area contributed by atoms with Crippen LogP contribution in [0.1, 0.15) is 5.56 Å². The van der Waals surface area contributed by atoms with Crippen molar-refractivity contribution < 1.29 is 4.52 Å². The second-order valence-electron chi connectivity index (χ2n) is 6.88. The average Bonchev–Trinajstić information content (AvgIpc) is 3.24. The van der Waals surface area contributed by atoms with Crippen LogP contribution in [0, 0.1) is 6.92 Å². The van der Waals surface area contributed by atoms with Crippen molar-refractivity contribution in [2.45, 2.75) is 6.92 Å². The fraction of sp³-hybridized carbons (Fsp3) is 0.0435. The van der Waals surface area contributed by atoms with Crippen LogP contribution in [-0.2, 0) is 0 Å². The third-order valence-electron chi connectivity index (χ3n) is 4.76. The van der Waals surface area contributed by atoms with E-state index in [-0.39, 0.29) is 11.4 Å². The van der Waals surface area contributed by atoms with Gasteiger partial charge in [0.25, 0.3) is 11.4 Å². The van der Waals surface area contributed by atoms with Gasteiger partial charge in [-0.2, -0.15) is 14.8 Å². The van der Waals surface area contributed by atoms with Gasteiger partial charge in [-0.15, -0.1) is 0 Å². The molecule has 0 saturated carbocycles. The van der Waals surface area contributed by atoms with Gasteiger partial charge in [0, 0.05) is 15.4 Å². The second kappa shape index (κ2) is 7.35. The molecule has 2 aromatic heterocycles. The van der Waals surface area contributed by atoms with Gasteiger partial charge in [0.2, 0.25) is 5.82 Å². The molecule has 30 heavy (non-hydrogen) atoms. The van der Waals surface area contributed by atoms with Gasteiger partial charge >= 0.3 is 0 Å². The van der Waals surface area contributed by atoms with Gasteiger partial charge in [-0.3, -0.25) is 4.79 Å². The Kier molecular flexibility index (Phi) is 4.52. The van der Waals surface area contributed by atoms with E-state index in [2.05, 4.69) is 31.2 Å². The molecule has 0 fully saturated rings. The molecule has 0 aliphatic rings. The second-order valence-corrected chi connectivity index (χ2v) is 7.80. The molecule has 3 aromatic carbocycles. The largest absolute Gasteiger partial charge is 0.332 e. The van der Waals surface area contributed by atoms with E-state index in [9.17, 15) is 4.79 Å². The molecule has 0 atom stereocenters. The van der Waals surface area contributed by atoms with Crippen molar-refractivity contribution in [3.05, 3.63) is 93.2 Å². The average molecular weight is 459 g/mol. The summed E-state index contributed by atoms with van der Waals surface area (Å²) in [6, 6.07) is 22.6. The maximum Gasteiger partial charge on any atom is 0.279 e. The molecule has 0 bridgehead atoms. The highest BCUT2D eigenvalue weighted by Crippen LogP contribution is 2.27. The maximum absolute atomic E-state index is 13.1. The number of rotatable bonds is 3. The van der Waals surface area contributed by atoms with Crippen LogP contribution < -0.4 is 5.56 Å². The van der Waals surface area contributed by atoms with Gasteiger partial charge in [-0.1, -0.05) is 63.6 Å². The van der Waals surface area contributed by atoms with E-state index in [1.165, 1.54) is 4.68 Å². The Morgan fingerprint density at radius 3 is 2.53 bits per heavy atom. The number of halogens is 1. The Morgan fingerprint density at radius 2 is 1.73 bits per heavy atom. The first-order chi connectivity index (χ1) is 14.6. The number of nitrogens with zero attached hydrogens (tertiary/aromatic N) is 4. The van der Waals surface area contributed by atoms with E-state index < -0.39 is 0 Å². The lowest BCUT2D eigenvalue weighted by Gasteiger charge is -2.09. The first-order valence-electron chi connectivity index (χ1n) is 9.29. The third kappa shape index (κ3) is 3.23. The van der Waals surface area contributed by atoms with Gasteiger partial charge in [-0.05, 0) is 42.8 Å². The van der Waals surface area contributed by atoms with Crippen LogP contribution in [-0.4, -0.2) is 19.9 Å². The predicted molar refractivity (Wildman–Crippen MR) is 119 cm³/mol. The lowest BCUT2D eigenvalue weighted by molar-refractivity contribution is 0.430. The lowest BCUT2D eigenvalue weighted by atomic mass is 10.1. The molecule has 2 heterocycles. The van der Waals surface area contributed by atoms with Crippen LogP contribution in [0.25, 0.3) is 39.4 Å². The molecule has 0 amide bonds. The molecular weight excluding hydrogens is 444 g/mol. The fourth-order valence-corrected chi connectivity index (χ4v) is 3.75. The lowest BCUT2D eigenvalue weighted by Crippen LogP contribution is -2.22. The number of benzene rings is 3. The van der Waals surface area contributed by atoms with Crippen LogP contribution in [0.4, 0.5) is 0 Å². The zero-order valence-electron chi connectivity index (χ0n) is 15.9. The Balaban J connectivity index is 1.74. The minimum Gasteiger partial charge on any atom is -0.332 e. The third-order valence-corrected chi connectivity index (χ3v) is 5.26. The van der Waals surface area contributed by atoms with Crippen molar-refractivity contribution in [3.63, 3.8) is 0 Å². The zero-order valence-corrected chi connectivity index (χ0v) is 17.5. The number of hydrogen-bond acceptors (Lipinski definition) is 5. The van der Waals surface area contributed by atoms with E-state index >= 15 is 0 Å². The van der Waals surface area contributed by atoms with Gasteiger partial charge in [0.05, 0.1) is 11.1 Å². The summed E-state index contributed by atoms with van der Waals surface area (Å²) in [6.45, 7) is 1.97. The van der Waals surface area contributed by atoms with Gasteiger partial charge in [-0.25, -0.2) is 0 Å². The molecule has 0 aliphatic carbocycles. The first-order valence-corrected chi connectivity index (χ1v) is 10.1. The van der Waals surface area contributed by atoms with Gasteiger partial charge in [0.15, 0.2) is 5.69 Å². The SMILES string of the molecule is Cc1cccc(-n2nc(-c3nc(-c4cccc(Br)c4)no3)c3ccccc3c2=O)c1. The monoisotopic (exact) mass is 458 g/mol. The summed E-state index contributed by atoms with van der Waals surface area (Å²) in [5.41, 5.74) is 2.78. The molecule has 0 radical (unpaired) electrons. The molecule has 146 valence electrons. The van der Waals surface area contributed by atoms with Gasteiger partial charge < -0.3 is 4.52 Å². The van der Waals surface area contributed by atoms with E-state index in [4.69, 9.17) is 4.52 Å². The molecule has 0 aliphatic heterocycles. The molecule has 5 rings (SSSR count). The Morgan fingerprint density at radius 1 is 0.933 bits per heavy atom. The number of fused-ring (bicyclic) bond motifs is 1. The molecule has 0 unspecified atom stereocenters. The first kappa shape index (κ1) is 18.4. The minimum atomic E-state index is -0.202. The molecule has 0 saturated heterocycles. The van der Waals surface area contributed by atoms with Crippen molar-refractivity contribution in [2.75, 3.05) is 0 Å². The van der Waals surface area contributed by atoms with Crippen molar-refractivity contribution >= 4 is 26.7 Å². The summed E-state index contributed by atoms with van der Waals surface area (Å²) < 4.78 is 7.86. The summed E-state index contributed by atoms with van der Waals surface area (Å²) in [5.74, 6) is 0.702. The quantitative estimate of drug-likeness (QED) is 0.372. The molecule has 7 heteroatoms. The van der Waals surface area contributed by atoms with Gasteiger partial charge in [0.1, 0.15) is 0 Å². The van der Waals surface area contributed by atoms with Crippen molar-refractivity contribution in [1.82, 2.24) is 19.9 Å². The Labute approximate surface area is 179 Å². The van der Waals surface area contributed by atoms with E-state index in [0.717, 1.165) is 15.6 Å². The summed E-state index contributed by atoms with van der Waals surface area (Å²) in [7, 11) is 0. The van der Waals surface area contributed by atoms with Crippen molar-refractivity contribution in [1.29, 1.82) is 0 Å². The van der Waals surface area contributed by atoms with Crippen LogP contribution in [0.3, 0.4) is 0 Å². The topological polar surface area (TPSA) is 73.8 Å². The van der Waals surface area contributed by atoms with E-state index in [1.54, 1.807) is 6.07 Å². The van der Waals surface area contributed by atoms with Crippen LogP contribution in [0.15, 0.2) is 86.6 Å². The fourth-order valence-electron chi connectivity index (χ4n) is 3.35. The normalized spacial score (nSPS) is 11.1. The van der Waals surface area contributed by atoms with Crippen LogP contribution >= 0.6 is 15.9 Å². The van der Waals surface area contributed by atoms with E-state index in [1.807, 2.05) is 73.7 Å². The van der Waals surface area contributed by atoms with E-state index in [0.29, 0.717) is 28.0 Å².